The van der Waals surface area contributed by atoms with Crippen LogP contribution in [0.1, 0.15) is 12.0 Å². The SMILES string of the molecule is BrC1[C@H]2C[C@@](Br)(CN2)N1Cc1ccccc1. The van der Waals surface area contributed by atoms with Gasteiger partial charge in [-0.15, -0.1) is 0 Å². The van der Waals surface area contributed by atoms with Crippen LogP contribution in [0, 0.1) is 0 Å². The molecule has 2 aliphatic rings. The number of hydrogen-bond acceptors (Lipinski definition) is 2. The molecule has 2 heterocycles. The van der Waals surface area contributed by atoms with Gasteiger partial charge in [-0.2, -0.15) is 0 Å². The highest BCUT2D eigenvalue weighted by Crippen LogP contribution is 2.46. The first-order valence-electron chi connectivity index (χ1n) is 5.56. The summed E-state index contributed by atoms with van der Waals surface area (Å²) in [4.78, 5) is 2.93. The minimum Gasteiger partial charge on any atom is -0.309 e. The van der Waals surface area contributed by atoms with Gasteiger partial charge in [-0.1, -0.05) is 62.2 Å². The van der Waals surface area contributed by atoms with Crippen LogP contribution in [-0.2, 0) is 6.54 Å². The van der Waals surface area contributed by atoms with Crippen molar-refractivity contribution >= 4 is 31.9 Å². The van der Waals surface area contributed by atoms with Crippen LogP contribution in [0.25, 0.3) is 0 Å². The Morgan fingerprint density at radius 3 is 2.75 bits per heavy atom. The van der Waals surface area contributed by atoms with Crippen LogP contribution in [0.2, 0.25) is 0 Å². The molecule has 0 radical (unpaired) electrons. The van der Waals surface area contributed by atoms with E-state index >= 15 is 0 Å². The maximum Gasteiger partial charge on any atom is 0.0921 e. The minimum atomic E-state index is 0.141. The number of rotatable bonds is 2. The Morgan fingerprint density at radius 2 is 2.12 bits per heavy atom. The van der Waals surface area contributed by atoms with Crippen molar-refractivity contribution in [1.29, 1.82) is 0 Å². The monoisotopic (exact) mass is 344 g/mol. The summed E-state index contributed by atoms with van der Waals surface area (Å²) in [6.45, 7) is 2.03. The Hall–Kier alpha value is 0.1000. The molecule has 3 rings (SSSR count). The average molecular weight is 346 g/mol. The van der Waals surface area contributed by atoms with Crippen molar-refractivity contribution in [1.82, 2.24) is 10.2 Å². The topological polar surface area (TPSA) is 15.3 Å². The summed E-state index contributed by atoms with van der Waals surface area (Å²) in [7, 11) is 0. The van der Waals surface area contributed by atoms with Gasteiger partial charge in [0.15, 0.2) is 0 Å². The molecular formula is C12H14Br2N2. The van der Waals surface area contributed by atoms with Crippen molar-refractivity contribution in [3.8, 4) is 0 Å². The lowest BCUT2D eigenvalue weighted by molar-refractivity contribution is 0.183. The number of halogens is 2. The Kier molecular flexibility index (Phi) is 2.86. The maximum atomic E-state index is 3.88. The summed E-state index contributed by atoms with van der Waals surface area (Å²) in [5.74, 6) is 0. The molecule has 2 saturated heterocycles. The third-order valence-corrected chi connectivity index (χ3v) is 5.70. The number of nitrogens with zero attached hydrogens (tertiary/aromatic N) is 1. The van der Waals surface area contributed by atoms with Crippen LogP contribution in [-0.4, -0.2) is 26.9 Å². The number of alkyl halides is 2. The molecule has 0 amide bonds. The molecule has 3 atom stereocenters. The molecule has 1 aromatic rings. The van der Waals surface area contributed by atoms with Gasteiger partial charge in [0.05, 0.1) is 9.40 Å². The van der Waals surface area contributed by atoms with Crippen LogP contribution in [0.4, 0.5) is 0 Å². The quantitative estimate of drug-likeness (QED) is 0.655. The van der Waals surface area contributed by atoms with Crippen molar-refractivity contribution in [2.75, 3.05) is 6.54 Å². The van der Waals surface area contributed by atoms with Crippen LogP contribution in [0.15, 0.2) is 30.3 Å². The van der Waals surface area contributed by atoms with E-state index < -0.39 is 0 Å². The van der Waals surface area contributed by atoms with Crippen molar-refractivity contribution in [2.45, 2.75) is 28.4 Å². The summed E-state index contributed by atoms with van der Waals surface area (Å²) >= 11 is 7.67. The second-order valence-corrected chi connectivity index (χ2v) is 7.01. The molecule has 1 aromatic carbocycles. The Bertz CT molecular complexity index is 384. The summed E-state index contributed by atoms with van der Waals surface area (Å²) in [5, 5.41) is 3.53. The van der Waals surface area contributed by atoms with E-state index in [1.165, 1.54) is 12.0 Å². The highest BCUT2D eigenvalue weighted by Gasteiger charge is 2.53. The number of benzene rings is 1. The number of hydrogen-bond donors (Lipinski definition) is 1. The fraction of sp³-hybridized carbons (Fsp3) is 0.500. The van der Waals surface area contributed by atoms with Crippen molar-refractivity contribution in [3.63, 3.8) is 0 Å². The lowest BCUT2D eigenvalue weighted by Crippen LogP contribution is -2.52. The van der Waals surface area contributed by atoms with E-state index in [0.29, 0.717) is 11.0 Å². The standard InChI is InChI=1S/C12H14Br2N2/c13-11-10-6-12(14,8-15-10)16(11)7-9-4-2-1-3-5-9/h1-5,10-11,15H,6-8H2/t10-,11?,12+/m1/s1. The molecule has 2 aliphatic heterocycles. The van der Waals surface area contributed by atoms with E-state index in [0.717, 1.165) is 13.1 Å². The zero-order chi connectivity index (χ0) is 11.2. The normalized spacial score (nSPS) is 38.1. The zero-order valence-corrected chi connectivity index (χ0v) is 12.0. The average Bonchev–Trinajstić information content (AvgIpc) is 2.78. The predicted octanol–water partition coefficient (Wildman–Crippen LogP) is 2.68. The van der Waals surface area contributed by atoms with Gasteiger partial charge in [0.2, 0.25) is 0 Å². The molecule has 86 valence electrons. The van der Waals surface area contributed by atoms with Gasteiger partial charge in [0.1, 0.15) is 0 Å². The summed E-state index contributed by atoms with van der Waals surface area (Å²) in [6, 6.07) is 11.2. The van der Waals surface area contributed by atoms with Gasteiger partial charge >= 0.3 is 0 Å². The molecule has 2 nitrogen and oxygen atoms in total. The van der Waals surface area contributed by atoms with E-state index in [1.54, 1.807) is 0 Å². The first-order chi connectivity index (χ1) is 7.69. The fourth-order valence-corrected chi connectivity index (χ4v) is 4.67. The molecule has 16 heavy (non-hydrogen) atoms. The largest absolute Gasteiger partial charge is 0.309 e. The number of fused-ring (bicyclic) bond motifs is 2. The minimum absolute atomic E-state index is 0.141. The molecule has 1 unspecified atom stereocenters. The summed E-state index contributed by atoms with van der Waals surface area (Å²) < 4.78 is 0.141. The molecule has 1 N–H and O–H groups in total. The van der Waals surface area contributed by atoms with Gasteiger partial charge < -0.3 is 5.32 Å². The molecule has 2 fully saturated rings. The van der Waals surface area contributed by atoms with Crippen molar-refractivity contribution in [3.05, 3.63) is 35.9 Å². The Morgan fingerprint density at radius 1 is 1.38 bits per heavy atom. The van der Waals surface area contributed by atoms with Crippen LogP contribution in [0.5, 0.6) is 0 Å². The van der Waals surface area contributed by atoms with Gasteiger partial charge in [0, 0.05) is 19.1 Å². The second kappa shape index (κ2) is 4.09. The summed E-state index contributed by atoms with van der Waals surface area (Å²) in [5.41, 5.74) is 1.37. The molecule has 4 heteroatoms. The number of nitrogens with one attached hydrogen (secondary N) is 1. The molecular weight excluding hydrogens is 332 g/mol. The van der Waals surface area contributed by atoms with E-state index in [1.807, 2.05) is 0 Å². The Labute approximate surface area is 113 Å². The van der Waals surface area contributed by atoms with Crippen LogP contribution >= 0.6 is 31.9 Å². The van der Waals surface area contributed by atoms with Crippen LogP contribution in [0.3, 0.4) is 0 Å². The predicted molar refractivity (Wildman–Crippen MR) is 72.8 cm³/mol. The van der Waals surface area contributed by atoms with Crippen molar-refractivity contribution in [2.24, 2.45) is 0 Å². The molecule has 2 bridgehead atoms. The first kappa shape index (κ1) is 11.2. The fourth-order valence-electron chi connectivity index (χ4n) is 2.63. The maximum absolute atomic E-state index is 3.88. The van der Waals surface area contributed by atoms with E-state index in [4.69, 9.17) is 0 Å². The lowest BCUT2D eigenvalue weighted by Gasteiger charge is -2.37. The van der Waals surface area contributed by atoms with E-state index in [-0.39, 0.29) is 4.45 Å². The Balaban J connectivity index is 1.81. The molecule has 0 spiro atoms. The molecule has 0 saturated carbocycles. The third kappa shape index (κ3) is 1.76. The summed E-state index contributed by atoms with van der Waals surface area (Å²) in [6.07, 6.45) is 1.18. The van der Waals surface area contributed by atoms with Crippen molar-refractivity contribution < 1.29 is 0 Å². The number of likely N-dealkylation sites (tertiary alicyclic amines) is 1. The highest BCUT2D eigenvalue weighted by molar-refractivity contribution is 9.10. The number of piperazine rings is 1. The van der Waals surface area contributed by atoms with Gasteiger partial charge in [-0.25, -0.2) is 0 Å². The third-order valence-electron chi connectivity index (χ3n) is 3.51. The van der Waals surface area contributed by atoms with Gasteiger partial charge in [-0.05, 0) is 12.0 Å². The molecule has 0 aromatic heterocycles. The first-order valence-corrected chi connectivity index (χ1v) is 7.27. The van der Waals surface area contributed by atoms with Gasteiger partial charge in [-0.3, -0.25) is 4.90 Å². The highest BCUT2D eigenvalue weighted by atomic mass is 79.9. The molecule has 0 aliphatic carbocycles. The van der Waals surface area contributed by atoms with Crippen LogP contribution < -0.4 is 5.32 Å². The van der Waals surface area contributed by atoms with E-state index in [2.05, 4.69) is 72.4 Å². The zero-order valence-electron chi connectivity index (χ0n) is 8.87. The second-order valence-electron chi connectivity index (χ2n) is 4.60. The lowest BCUT2D eigenvalue weighted by atomic mass is 10.2. The van der Waals surface area contributed by atoms with E-state index in [9.17, 15) is 0 Å². The smallest absolute Gasteiger partial charge is 0.0921 e. The van der Waals surface area contributed by atoms with Gasteiger partial charge in [0.25, 0.3) is 0 Å².